The number of carbonyl (C=O) groups is 1. The smallest absolute Gasteiger partial charge is 0.150 e. The Morgan fingerprint density at radius 2 is 1.55 bits per heavy atom. The van der Waals surface area contributed by atoms with Crippen LogP contribution in [0.25, 0.3) is 10.8 Å². The molecule has 20 heavy (non-hydrogen) atoms. The predicted octanol–water partition coefficient (Wildman–Crippen LogP) is 3.95. The van der Waals surface area contributed by atoms with Gasteiger partial charge in [-0.25, -0.2) is 0 Å². The highest BCUT2D eigenvalue weighted by Crippen LogP contribution is 2.28. The van der Waals surface area contributed by atoms with E-state index in [1.54, 1.807) is 6.07 Å². The Hall–Kier alpha value is -2.61. The van der Waals surface area contributed by atoms with Gasteiger partial charge in [0.05, 0.1) is 0 Å². The van der Waals surface area contributed by atoms with E-state index in [0.717, 1.165) is 34.6 Å². The first-order valence-electron chi connectivity index (χ1n) is 6.51. The van der Waals surface area contributed by atoms with Gasteiger partial charge in [-0.1, -0.05) is 54.6 Å². The second-order valence-electron chi connectivity index (χ2n) is 4.83. The number of aldehydes is 1. The maximum absolute atomic E-state index is 10.7. The lowest BCUT2D eigenvalue weighted by molar-refractivity contribution is 0.112. The molecule has 0 aliphatic rings. The van der Waals surface area contributed by atoms with Gasteiger partial charge in [-0.3, -0.25) is 4.79 Å². The van der Waals surface area contributed by atoms with Crippen molar-refractivity contribution in [2.75, 3.05) is 0 Å². The van der Waals surface area contributed by atoms with Crippen LogP contribution in [-0.2, 0) is 6.42 Å². The predicted molar refractivity (Wildman–Crippen MR) is 80.2 cm³/mol. The first-order valence-corrected chi connectivity index (χ1v) is 6.51. The van der Waals surface area contributed by atoms with E-state index in [4.69, 9.17) is 0 Å². The molecular formula is C18H14O2. The Bertz CT molecular complexity index is 758. The van der Waals surface area contributed by atoms with Gasteiger partial charge in [0, 0.05) is 10.9 Å². The van der Waals surface area contributed by atoms with Crippen LogP contribution in [0.15, 0.2) is 60.7 Å². The first-order chi connectivity index (χ1) is 9.78. The molecule has 0 radical (unpaired) electrons. The number of fused-ring (bicyclic) bond motifs is 1. The van der Waals surface area contributed by atoms with Gasteiger partial charge < -0.3 is 5.11 Å². The molecule has 0 spiro atoms. The molecule has 3 aromatic rings. The van der Waals surface area contributed by atoms with Crippen molar-refractivity contribution in [3.05, 3.63) is 77.4 Å². The molecule has 98 valence electrons. The average molecular weight is 262 g/mol. The molecule has 0 bridgehead atoms. The second kappa shape index (κ2) is 5.17. The van der Waals surface area contributed by atoms with Gasteiger partial charge in [0.2, 0.25) is 0 Å². The van der Waals surface area contributed by atoms with Gasteiger partial charge in [0.15, 0.2) is 0 Å². The van der Waals surface area contributed by atoms with E-state index in [1.165, 1.54) is 0 Å². The summed E-state index contributed by atoms with van der Waals surface area (Å²) in [5.41, 5.74) is 2.99. The summed E-state index contributed by atoms with van der Waals surface area (Å²) in [5.74, 6) is 0.306. The average Bonchev–Trinajstić information content (AvgIpc) is 2.49. The van der Waals surface area contributed by atoms with E-state index >= 15 is 0 Å². The van der Waals surface area contributed by atoms with Crippen molar-refractivity contribution < 1.29 is 9.90 Å². The number of phenolic OH excluding ortho intramolecular Hbond substituents is 1. The van der Waals surface area contributed by atoms with E-state index in [9.17, 15) is 9.90 Å². The van der Waals surface area contributed by atoms with Crippen LogP contribution in [0.2, 0.25) is 0 Å². The van der Waals surface area contributed by atoms with E-state index in [-0.39, 0.29) is 0 Å². The van der Waals surface area contributed by atoms with Crippen molar-refractivity contribution in [3.8, 4) is 5.75 Å². The standard InChI is InChI=1S/C18H14O2/c19-12-14-9-7-13(8-10-14)11-15-3-1-5-17-16(15)4-2-6-18(17)20/h1-10,12,20H,11H2. The van der Waals surface area contributed by atoms with Crippen LogP contribution in [0.5, 0.6) is 5.75 Å². The molecule has 0 saturated carbocycles. The summed E-state index contributed by atoms with van der Waals surface area (Å²) in [4.78, 5) is 10.7. The van der Waals surface area contributed by atoms with E-state index in [0.29, 0.717) is 11.3 Å². The number of hydrogen-bond acceptors (Lipinski definition) is 2. The lowest BCUT2D eigenvalue weighted by Crippen LogP contribution is -1.91. The molecule has 2 heteroatoms. The SMILES string of the molecule is O=Cc1ccc(Cc2cccc3c(O)cccc23)cc1. The van der Waals surface area contributed by atoms with Gasteiger partial charge in [0.1, 0.15) is 12.0 Å². The summed E-state index contributed by atoms with van der Waals surface area (Å²) >= 11 is 0. The lowest BCUT2D eigenvalue weighted by atomic mass is 9.97. The number of hydrogen-bond donors (Lipinski definition) is 1. The first kappa shape index (κ1) is 12.4. The molecule has 0 aliphatic carbocycles. The summed E-state index contributed by atoms with van der Waals surface area (Å²) in [6.45, 7) is 0. The minimum Gasteiger partial charge on any atom is -0.507 e. The summed E-state index contributed by atoms with van der Waals surface area (Å²) in [6.07, 6.45) is 1.62. The van der Waals surface area contributed by atoms with Crippen LogP contribution in [0.1, 0.15) is 21.5 Å². The topological polar surface area (TPSA) is 37.3 Å². The minimum atomic E-state index is 0.306. The van der Waals surface area contributed by atoms with Crippen LogP contribution in [0, 0.1) is 0 Å². The fourth-order valence-corrected chi connectivity index (χ4v) is 2.45. The minimum absolute atomic E-state index is 0.306. The highest BCUT2D eigenvalue weighted by atomic mass is 16.3. The van der Waals surface area contributed by atoms with E-state index in [1.807, 2.05) is 48.5 Å². The number of phenols is 1. The molecule has 3 aromatic carbocycles. The van der Waals surface area contributed by atoms with Gasteiger partial charge in [-0.15, -0.1) is 0 Å². The van der Waals surface area contributed by atoms with E-state index < -0.39 is 0 Å². The molecular weight excluding hydrogens is 248 g/mol. The largest absolute Gasteiger partial charge is 0.507 e. The molecule has 0 aliphatic heterocycles. The molecule has 0 saturated heterocycles. The number of carbonyl (C=O) groups excluding carboxylic acids is 1. The maximum atomic E-state index is 10.7. The number of aromatic hydroxyl groups is 1. The Kier molecular flexibility index (Phi) is 3.21. The third-order valence-electron chi connectivity index (χ3n) is 3.50. The highest BCUT2D eigenvalue weighted by Gasteiger charge is 2.05. The van der Waals surface area contributed by atoms with Gasteiger partial charge in [-0.2, -0.15) is 0 Å². The molecule has 0 heterocycles. The van der Waals surface area contributed by atoms with Crippen molar-refractivity contribution in [1.82, 2.24) is 0 Å². The number of benzene rings is 3. The number of rotatable bonds is 3. The monoisotopic (exact) mass is 262 g/mol. The molecule has 0 fully saturated rings. The summed E-state index contributed by atoms with van der Waals surface area (Å²) < 4.78 is 0. The van der Waals surface area contributed by atoms with Gasteiger partial charge in [0.25, 0.3) is 0 Å². The highest BCUT2D eigenvalue weighted by molar-refractivity contribution is 5.90. The zero-order chi connectivity index (χ0) is 13.9. The quantitative estimate of drug-likeness (QED) is 0.726. The second-order valence-corrected chi connectivity index (χ2v) is 4.83. The van der Waals surface area contributed by atoms with Crippen molar-refractivity contribution in [2.45, 2.75) is 6.42 Å². The molecule has 1 N–H and O–H groups in total. The third kappa shape index (κ3) is 2.28. The zero-order valence-corrected chi connectivity index (χ0v) is 10.9. The van der Waals surface area contributed by atoms with Gasteiger partial charge in [-0.05, 0) is 29.0 Å². The van der Waals surface area contributed by atoms with Crippen LogP contribution < -0.4 is 0 Å². The zero-order valence-electron chi connectivity index (χ0n) is 10.9. The van der Waals surface area contributed by atoms with Crippen molar-refractivity contribution in [3.63, 3.8) is 0 Å². The van der Waals surface area contributed by atoms with Crippen LogP contribution >= 0.6 is 0 Å². The van der Waals surface area contributed by atoms with Crippen LogP contribution in [0.4, 0.5) is 0 Å². The Balaban J connectivity index is 2.01. The molecule has 3 rings (SSSR count). The lowest BCUT2D eigenvalue weighted by Gasteiger charge is -2.08. The Morgan fingerprint density at radius 3 is 2.30 bits per heavy atom. The molecule has 0 unspecified atom stereocenters. The molecule has 0 atom stereocenters. The Morgan fingerprint density at radius 1 is 0.850 bits per heavy atom. The fraction of sp³-hybridized carbons (Fsp3) is 0.0556. The molecule has 2 nitrogen and oxygen atoms in total. The van der Waals surface area contributed by atoms with Crippen LogP contribution in [-0.4, -0.2) is 11.4 Å². The summed E-state index contributed by atoms with van der Waals surface area (Å²) in [7, 11) is 0. The maximum Gasteiger partial charge on any atom is 0.150 e. The van der Waals surface area contributed by atoms with E-state index in [2.05, 4.69) is 6.07 Å². The fourth-order valence-electron chi connectivity index (χ4n) is 2.45. The van der Waals surface area contributed by atoms with Gasteiger partial charge >= 0.3 is 0 Å². The third-order valence-corrected chi connectivity index (χ3v) is 3.50. The molecule has 0 amide bonds. The van der Waals surface area contributed by atoms with Crippen molar-refractivity contribution in [2.24, 2.45) is 0 Å². The normalized spacial score (nSPS) is 10.6. The Labute approximate surface area is 117 Å². The van der Waals surface area contributed by atoms with Crippen molar-refractivity contribution in [1.29, 1.82) is 0 Å². The summed E-state index contributed by atoms with van der Waals surface area (Å²) in [6, 6.07) is 19.1. The summed E-state index contributed by atoms with van der Waals surface area (Å²) in [5, 5.41) is 11.8. The van der Waals surface area contributed by atoms with Crippen LogP contribution in [0.3, 0.4) is 0 Å². The molecule has 0 aromatic heterocycles. The van der Waals surface area contributed by atoms with Crippen molar-refractivity contribution >= 4 is 17.1 Å².